The van der Waals surface area contributed by atoms with Crippen LogP contribution < -0.4 is 10.1 Å². The second kappa shape index (κ2) is 9.63. The number of nitriles is 1. The van der Waals surface area contributed by atoms with Crippen LogP contribution in [0, 0.1) is 11.3 Å². The van der Waals surface area contributed by atoms with E-state index in [1.165, 1.54) is 12.1 Å². The third kappa shape index (κ3) is 5.50. The highest BCUT2D eigenvalue weighted by Crippen LogP contribution is 2.28. The fourth-order valence-electron chi connectivity index (χ4n) is 2.02. The first kappa shape index (κ1) is 20.3. The van der Waals surface area contributed by atoms with Crippen LogP contribution in [0.1, 0.15) is 18.9 Å². The van der Waals surface area contributed by atoms with Gasteiger partial charge in [0.15, 0.2) is 0 Å². The second-order valence-electron chi connectivity index (χ2n) is 5.29. The number of rotatable bonds is 6. The SMILES string of the molecule is CCCOc1ccc(/C=C(\C#N)C(=O)Nc2ccc(Cl)c(Cl)c2)cc1Br. The zero-order valence-electron chi connectivity index (χ0n) is 13.9. The fourth-order valence-corrected chi connectivity index (χ4v) is 2.83. The van der Waals surface area contributed by atoms with Crippen molar-refractivity contribution in [3.05, 3.63) is 62.1 Å². The number of carbonyl (C=O) groups excluding carboxylic acids is 1. The zero-order chi connectivity index (χ0) is 19.1. The minimum Gasteiger partial charge on any atom is -0.492 e. The Morgan fingerprint density at radius 3 is 2.65 bits per heavy atom. The molecule has 2 aromatic rings. The molecule has 0 heterocycles. The lowest BCUT2D eigenvalue weighted by molar-refractivity contribution is -0.112. The summed E-state index contributed by atoms with van der Waals surface area (Å²) in [7, 11) is 0. The van der Waals surface area contributed by atoms with Crippen molar-refractivity contribution in [1.82, 2.24) is 0 Å². The van der Waals surface area contributed by atoms with E-state index in [-0.39, 0.29) is 5.57 Å². The number of benzene rings is 2. The summed E-state index contributed by atoms with van der Waals surface area (Å²) in [5.41, 5.74) is 1.11. The number of ether oxygens (including phenoxy) is 1. The molecule has 7 heteroatoms. The van der Waals surface area contributed by atoms with Gasteiger partial charge in [-0.05, 0) is 64.3 Å². The van der Waals surface area contributed by atoms with Gasteiger partial charge in [0.05, 0.1) is 21.1 Å². The molecule has 0 spiro atoms. The van der Waals surface area contributed by atoms with Gasteiger partial charge in [-0.2, -0.15) is 5.26 Å². The molecular weight excluding hydrogens is 439 g/mol. The monoisotopic (exact) mass is 452 g/mol. The number of halogens is 3. The number of carbonyl (C=O) groups is 1. The van der Waals surface area contributed by atoms with Gasteiger partial charge in [-0.1, -0.05) is 36.2 Å². The van der Waals surface area contributed by atoms with Crippen molar-refractivity contribution in [3.63, 3.8) is 0 Å². The van der Waals surface area contributed by atoms with Crippen LogP contribution in [0.4, 0.5) is 5.69 Å². The molecule has 26 heavy (non-hydrogen) atoms. The molecule has 2 rings (SSSR count). The van der Waals surface area contributed by atoms with Gasteiger partial charge in [0.1, 0.15) is 17.4 Å². The summed E-state index contributed by atoms with van der Waals surface area (Å²) in [4.78, 5) is 12.3. The molecule has 4 nitrogen and oxygen atoms in total. The first-order valence-electron chi connectivity index (χ1n) is 7.75. The van der Waals surface area contributed by atoms with Crippen LogP contribution in [0.5, 0.6) is 5.75 Å². The van der Waals surface area contributed by atoms with E-state index < -0.39 is 5.91 Å². The molecule has 0 aliphatic rings. The minimum atomic E-state index is -0.534. The van der Waals surface area contributed by atoms with E-state index >= 15 is 0 Å². The number of nitrogens with one attached hydrogen (secondary N) is 1. The lowest BCUT2D eigenvalue weighted by Crippen LogP contribution is -2.13. The lowest BCUT2D eigenvalue weighted by atomic mass is 10.1. The summed E-state index contributed by atoms with van der Waals surface area (Å²) in [6.07, 6.45) is 2.41. The van der Waals surface area contributed by atoms with E-state index in [4.69, 9.17) is 27.9 Å². The molecule has 0 aromatic heterocycles. The number of hydrogen-bond donors (Lipinski definition) is 1. The van der Waals surface area contributed by atoms with Crippen molar-refractivity contribution in [1.29, 1.82) is 5.26 Å². The lowest BCUT2D eigenvalue weighted by Gasteiger charge is -2.08. The third-order valence-corrected chi connectivity index (χ3v) is 4.63. The Morgan fingerprint density at radius 2 is 2.04 bits per heavy atom. The maximum absolute atomic E-state index is 12.3. The maximum atomic E-state index is 12.3. The molecule has 0 aliphatic carbocycles. The Hall–Kier alpha value is -2.00. The van der Waals surface area contributed by atoms with E-state index in [0.29, 0.717) is 33.7 Å². The van der Waals surface area contributed by atoms with Gasteiger partial charge < -0.3 is 10.1 Å². The van der Waals surface area contributed by atoms with Gasteiger partial charge in [-0.25, -0.2) is 0 Å². The Labute approximate surface area is 170 Å². The average Bonchev–Trinajstić information content (AvgIpc) is 2.62. The highest BCUT2D eigenvalue weighted by Gasteiger charge is 2.11. The number of hydrogen-bond acceptors (Lipinski definition) is 3. The van der Waals surface area contributed by atoms with Crippen molar-refractivity contribution in [2.24, 2.45) is 0 Å². The quantitative estimate of drug-likeness (QED) is 0.425. The molecule has 134 valence electrons. The number of amides is 1. The molecular formula is C19H15BrCl2N2O2. The first-order chi connectivity index (χ1) is 12.4. The summed E-state index contributed by atoms with van der Waals surface area (Å²) in [5, 5.41) is 12.6. The highest BCUT2D eigenvalue weighted by atomic mass is 79.9. The molecule has 0 aliphatic heterocycles. The van der Waals surface area contributed by atoms with Gasteiger partial charge >= 0.3 is 0 Å². The van der Waals surface area contributed by atoms with Crippen LogP contribution >= 0.6 is 39.1 Å². The maximum Gasteiger partial charge on any atom is 0.266 e. The summed E-state index contributed by atoms with van der Waals surface area (Å²) in [5.74, 6) is 0.177. The van der Waals surface area contributed by atoms with Crippen LogP contribution in [-0.4, -0.2) is 12.5 Å². The molecule has 0 atom stereocenters. The summed E-state index contributed by atoms with van der Waals surface area (Å²) in [6, 6.07) is 12.0. The molecule has 1 N–H and O–H groups in total. The van der Waals surface area contributed by atoms with Gasteiger partial charge in [0, 0.05) is 5.69 Å². The predicted octanol–water partition coefficient (Wildman–Crippen LogP) is 6.09. The first-order valence-corrected chi connectivity index (χ1v) is 9.30. The molecule has 0 radical (unpaired) electrons. The standard InChI is InChI=1S/C19H15BrCl2N2O2/c1-2-7-26-18-6-3-12(9-15(18)20)8-13(11-23)19(25)24-14-4-5-16(21)17(22)10-14/h3-6,8-10H,2,7H2,1H3,(H,24,25)/b13-8+. The summed E-state index contributed by atoms with van der Waals surface area (Å²) in [6.45, 7) is 2.64. The van der Waals surface area contributed by atoms with Crippen molar-refractivity contribution < 1.29 is 9.53 Å². The molecule has 0 saturated carbocycles. The van der Waals surface area contributed by atoms with Crippen LogP contribution in [0.2, 0.25) is 10.0 Å². The predicted molar refractivity (Wildman–Crippen MR) is 109 cm³/mol. The Kier molecular flexibility index (Phi) is 7.52. The molecule has 2 aromatic carbocycles. The van der Waals surface area contributed by atoms with Crippen molar-refractivity contribution in [2.75, 3.05) is 11.9 Å². The van der Waals surface area contributed by atoms with Gasteiger partial charge in [0.25, 0.3) is 5.91 Å². The van der Waals surface area contributed by atoms with Crippen LogP contribution in [-0.2, 0) is 4.79 Å². The van der Waals surface area contributed by atoms with Crippen molar-refractivity contribution >= 4 is 56.8 Å². The van der Waals surface area contributed by atoms with E-state index in [1.807, 2.05) is 13.0 Å². The van der Waals surface area contributed by atoms with E-state index in [0.717, 1.165) is 10.9 Å². The van der Waals surface area contributed by atoms with E-state index in [1.54, 1.807) is 30.3 Å². The number of nitrogens with zero attached hydrogens (tertiary/aromatic N) is 1. The Morgan fingerprint density at radius 1 is 1.27 bits per heavy atom. The number of anilines is 1. The van der Waals surface area contributed by atoms with Gasteiger partial charge in [0.2, 0.25) is 0 Å². The summed E-state index contributed by atoms with van der Waals surface area (Å²) < 4.78 is 6.34. The van der Waals surface area contributed by atoms with E-state index in [9.17, 15) is 10.1 Å². The van der Waals surface area contributed by atoms with Gasteiger partial charge in [-0.15, -0.1) is 0 Å². The topological polar surface area (TPSA) is 62.1 Å². The van der Waals surface area contributed by atoms with Gasteiger partial charge in [-0.3, -0.25) is 4.79 Å². The zero-order valence-corrected chi connectivity index (χ0v) is 17.0. The molecule has 0 fully saturated rings. The third-order valence-electron chi connectivity index (χ3n) is 3.27. The Bertz CT molecular complexity index is 892. The normalized spacial score (nSPS) is 11.0. The highest BCUT2D eigenvalue weighted by molar-refractivity contribution is 9.10. The molecule has 1 amide bonds. The van der Waals surface area contributed by atoms with Crippen molar-refractivity contribution in [3.8, 4) is 11.8 Å². The van der Waals surface area contributed by atoms with Crippen molar-refractivity contribution in [2.45, 2.75) is 13.3 Å². The smallest absolute Gasteiger partial charge is 0.266 e. The largest absolute Gasteiger partial charge is 0.492 e. The molecule has 0 unspecified atom stereocenters. The second-order valence-corrected chi connectivity index (χ2v) is 6.96. The van der Waals surface area contributed by atoms with Crippen LogP contribution in [0.3, 0.4) is 0 Å². The molecule has 0 saturated heterocycles. The molecule has 0 bridgehead atoms. The Balaban J connectivity index is 2.18. The average molecular weight is 454 g/mol. The van der Waals surface area contributed by atoms with Crippen LogP contribution in [0.15, 0.2) is 46.4 Å². The van der Waals surface area contributed by atoms with Crippen LogP contribution in [0.25, 0.3) is 6.08 Å². The minimum absolute atomic E-state index is 0.0369. The summed E-state index contributed by atoms with van der Waals surface area (Å²) >= 11 is 15.2. The fraction of sp³-hybridized carbons (Fsp3) is 0.158. The van der Waals surface area contributed by atoms with E-state index in [2.05, 4.69) is 21.2 Å².